The highest BCUT2D eigenvalue weighted by atomic mass is 31.2. The molecule has 0 saturated heterocycles. The summed E-state index contributed by atoms with van der Waals surface area (Å²) in [6.07, 6.45) is 77.2. The number of hydrogen-bond acceptors (Lipinski definition) is 7. The highest BCUT2D eigenvalue weighted by molar-refractivity contribution is 7.47. The number of carbonyl (C=O) groups excluding carboxylic acids is 2. The first-order valence-corrected chi connectivity index (χ1v) is 36.6. The van der Waals surface area contributed by atoms with Gasteiger partial charge in [-0.25, -0.2) is 4.57 Å². The second-order valence-corrected chi connectivity index (χ2v) is 26.7. The van der Waals surface area contributed by atoms with Gasteiger partial charge in [0.25, 0.3) is 0 Å². The van der Waals surface area contributed by atoms with Crippen LogP contribution in [0.3, 0.4) is 0 Å². The van der Waals surface area contributed by atoms with Crippen LogP contribution < -0.4 is 0 Å². The molecule has 0 rings (SSSR count). The number of ether oxygens (including phenoxy) is 2. The molecule has 0 aromatic carbocycles. The lowest BCUT2D eigenvalue weighted by Crippen LogP contribution is -2.37. The SMILES string of the molecule is CCCCCCC/C=C\C/C=C\CCCCCCCCCCCCCC(=O)OC(COC(=O)CCCCCCCCCCCCCCCCCCCCCCCCCCCCCCCCCCC)COP(=O)(O)OCC[N+](C)(C)C. The van der Waals surface area contributed by atoms with E-state index in [9.17, 15) is 19.0 Å². The van der Waals surface area contributed by atoms with Gasteiger partial charge in [0.15, 0.2) is 6.10 Å². The van der Waals surface area contributed by atoms with E-state index in [1.165, 1.54) is 289 Å². The van der Waals surface area contributed by atoms with Crippen molar-refractivity contribution < 1.29 is 42.1 Å². The van der Waals surface area contributed by atoms with Crippen LogP contribution in [0.25, 0.3) is 0 Å². The number of quaternary nitrogens is 1. The molecule has 0 radical (unpaired) electrons. The number of phosphoric ester groups is 1. The Morgan fingerprint density at radius 2 is 0.675 bits per heavy atom. The first kappa shape index (κ1) is 78.5. The van der Waals surface area contributed by atoms with E-state index in [2.05, 4.69) is 38.2 Å². The third-order valence-electron chi connectivity index (χ3n) is 16.0. The van der Waals surface area contributed by atoms with Gasteiger partial charge in [-0.3, -0.25) is 18.6 Å². The van der Waals surface area contributed by atoms with Crippen molar-refractivity contribution in [1.29, 1.82) is 0 Å². The number of hydrogen-bond donors (Lipinski definition) is 1. The second-order valence-electron chi connectivity index (χ2n) is 25.3. The quantitative estimate of drug-likeness (QED) is 0.0211. The zero-order valence-corrected chi connectivity index (χ0v) is 55.0. The highest BCUT2D eigenvalue weighted by Gasteiger charge is 2.27. The van der Waals surface area contributed by atoms with E-state index in [1.807, 2.05) is 21.1 Å². The Balaban J connectivity index is 3.96. The summed E-state index contributed by atoms with van der Waals surface area (Å²) in [7, 11) is 1.50. The summed E-state index contributed by atoms with van der Waals surface area (Å²) in [5.41, 5.74) is 0. The standard InChI is InChI=1S/C70H136NO8P/c1-6-8-10-12-14-16-18-20-22-24-26-28-30-31-32-33-34-35-36-37-38-39-41-42-44-46-48-50-52-54-56-58-60-62-69(72)76-66-68(67-78-80(74,75)77-65-64-71(3,4)5)79-70(73)63-61-59-57-55-53-51-49-47-45-43-40-29-27-25-23-21-19-17-15-13-11-9-7-2/h19,21,25,27,68H,6-18,20,22-24,26,28-67H2,1-5H3/p+1/b21-19-,27-25-. The Hall–Kier alpha value is -1.51. The van der Waals surface area contributed by atoms with Gasteiger partial charge in [-0.15, -0.1) is 0 Å². The Kier molecular flexibility index (Phi) is 60.9. The lowest BCUT2D eigenvalue weighted by molar-refractivity contribution is -0.870. The number of likely N-dealkylation sites (N-methyl/N-ethyl adjacent to an activating group) is 1. The lowest BCUT2D eigenvalue weighted by Gasteiger charge is -2.24. The van der Waals surface area contributed by atoms with E-state index in [1.54, 1.807) is 0 Å². The normalized spacial score (nSPS) is 13.2. The number of esters is 2. The van der Waals surface area contributed by atoms with Crippen molar-refractivity contribution in [3.63, 3.8) is 0 Å². The van der Waals surface area contributed by atoms with Gasteiger partial charge in [-0.05, 0) is 44.9 Å². The van der Waals surface area contributed by atoms with Gasteiger partial charge >= 0.3 is 19.8 Å². The fourth-order valence-corrected chi connectivity index (χ4v) is 11.3. The number of phosphoric acid groups is 1. The van der Waals surface area contributed by atoms with Gasteiger partial charge in [0.1, 0.15) is 19.8 Å². The van der Waals surface area contributed by atoms with E-state index in [-0.39, 0.29) is 25.6 Å². The fraction of sp³-hybridized carbons (Fsp3) is 0.914. The van der Waals surface area contributed by atoms with Crippen LogP contribution in [0.5, 0.6) is 0 Å². The molecule has 9 nitrogen and oxygen atoms in total. The first-order valence-electron chi connectivity index (χ1n) is 35.1. The summed E-state index contributed by atoms with van der Waals surface area (Å²) in [5, 5.41) is 0. The van der Waals surface area contributed by atoms with Crippen LogP contribution >= 0.6 is 7.82 Å². The Labute approximate surface area is 498 Å². The maximum absolute atomic E-state index is 12.9. The summed E-state index contributed by atoms with van der Waals surface area (Å²) in [4.78, 5) is 35.8. The average Bonchev–Trinajstić information content (AvgIpc) is 3.42. The van der Waals surface area contributed by atoms with Crippen LogP contribution in [0.15, 0.2) is 24.3 Å². The molecule has 1 N–H and O–H groups in total. The molecule has 0 aliphatic heterocycles. The summed E-state index contributed by atoms with van der Waals surface area (Å²) < 4.78 is 34.7. The minimum Gasteiger partial charge on any atom is -0.462 e. The smallest absolute Gasteiger partial charge is 0.462 e. The van der Waals surface area contributed by atoms with Crippen LogP contribution in [0, 0.1) is 0 Å². The molecule has 0 heterocycles. The van der Waals surface area contributed by atoms with Gasteiger partial charge < -0.3 is 18.9 Å². The van der Waals surface area contributed by atoms with Gasteiger partial charge in [-0.2, -0.15) is 0 Å². The van der Waals surface area contributed by atoms with Crippen LogP contribution in [-0.2, 0) is 32.7 Å². The maximum atomic E-state index is 12.9. The van der Waals surface area contributed by atoms with Gasteiger partial charge in [0, 0.05) is 12.8 Å². The molecule has 474 valence electrons. The summed E-state index contributed by atoms with van der Waals surface area (Å²) in [6, 6.07) is 0. The molecule has 0 aromatic rings. The van der Waals surface area contributed by atoms with Crippen LogP contribution in [0.2, 0.25) is 0 Å². The van der Waals surface area contributed by atoms with Gasteiger partial charge in [0.05, 0.1) is 27.7 Å². The van der Waals surface area contributed by atoms with Crippen molar-refractivity contribution >= 4 is 19.8 Å². The first-order chi connectivity index (χ1) is 39.0. The molecule has 0 aliphatic carbocycles. The third kappa shape index (κ3) is 65.6. The lowest BCUT2D eigenvalue weighted by atomic mass is 10.0. The Morgan fingerprint density at radius 3 is 0.988 bits per heavy atom. The molecular formula is C70H137NO8P+. The highest BCUT2D eigenvalue weighted by Crippen LogP contribution is 2.43. The second kappa shape index (κ2) is 62.0. The van der Waals surface area contributed by atoms with E-state index in [4.69, 9.17) is 18.5 Å². The number of unbranched alkanes of at least 4 members (excludes halogenated alkanes) is 48. The molecular weight excluding hydrogens is 1010 g/mol. The predicted molar refractivity (Wildman–Crippen MR) is 344 cm³/mol. The minimum absolute atomic E-state index is 0.0342. The monoisotopic (exact) mass is 1150 g/mol. The van der Waals surface area contributed by atoms with E-state index < -0.39 is 26.5 Å². The largest absolute Gasteiger partial charge is 0.472 e. The van der Waals surface area contributed by atoms with Crippen molar-refractivity contribution in [3.8, 4) is 0 Å². The molecule has 0 bridgehead atoms. The van der Waals surface area contributed by atoms with Crippen LogP contribution in [-0.4, -0.2) is 74.9 Å². The van der Waals surface area contributed by atoms with Crippen molar-refractivity contribution in [2.24, 2.45) is 0 Å². The molecule has 10 heteroatoms. The maximum Gasteiger partial charge on any atom is 0.472 e. The van der Waals surface area contributed by atoms with Crippen molar-refractivity contribution in [3.05, 3.63) is 24.3 Å². The third-order valence-corrected chi connectivity index (χ3v) is 17.0. The van der Waals surface area contributed by atoms with Crippen molar-refractivity contribution in [2.75, 3.05) is 47.5 Å². The molecule has 0 saturated carbocycles. The minimum atomic E-state index is -4.39. The van der Waals surface area contributed by atoms with Gasteiger partial charge in [0.2, 0.25) is 0 Å². The molecule has 2 atom stereocenters. The molecule has 80 heavy (non-hydrogen) atoms. The number of rotatable bonds is 66. The zero-order valence-electron chi connectivity index (χ0n) is 54.1. The summed E-state index contributed by atoms with van der Waals surface area (Å²) in [5.74, 6) is -0.779. The van der Waals surface area contributed by atoms with Crippen molar-refractivity contribution in [1.82, 2.24) is 0 Å². The number of nitrogens with zero attached hydrogens (tertiary/aromatic N) is 1. The van der Waals surface area contributed by atoms with Gasteiger partial charge in [-0.1, -0.05) is 327 Å². The Bertz CT molecular complexity index is 1400. The van der Waals surface area contributed by atoms with E-state index >= 15 is 0 Å². The number of carbonyl (C=O) groups is 2. The zero-order chi connectivity index (χ0) is 58.4. The molecule has 0 aliphatic rings. The fourth-order valence-electron chi connectivity index (χ4n) is 10.6. The molecule has 0 amide bonds. The summed E-state index contributed by atoms with van der Waals surface area (Å²) >= 11 is 0. The average molecular weight is 1150 g/mol. The molecule has 0 aromatic heterocycles. The topological polar surface area (TPSA) is 108 Å². The van der Waals surface area contributed by atoms with Crippen LogP contribution in [0.1, 0.15) is 361 Å². The molecule has 0 spiro atoms. The Morgan fingerprint density at radius 1 is 0.388 bits per heavy atom. The van der Waals surface area contributed by atoms with E-state index in [0.717, 1.165) is 38.5 Å². The van der Waals surface area contributed by atoms with E-state index in [0.29, 0.717) is 23.9 Å². The molecule has 0 fully saturated rings. The predicted octanol–water partition coefficient (Wildman–Crippen LogP) is 22.5. The summed E-state index contributed by atoms with van der Waals surface area (Å²) in [6.45, 7) is 4.49. The molecule has 2 unspecified atom stereocenters. The van der Waals surface area contributed by atoms with Crippen LogP contribution in [0.4, 0.5) is 0 Å². The number of allylic oxidation sites excluding steroid dienone is 4. The van der Waals surface area contributed by atoms with Crippen molar-refractivity contribution in [2.45, 2.75) is 367 Å².